The number of para-hydroxylation sites is 1. The molecular weight excluding hydrogens is 813 g/mol. The Morgan fingerprint density at radius 2 is 0.821 bits per heavy atom. The highest BCUT2D eigenvalue weighted by atomic mass is 16.3. The molecule has 0 spiro atoms. The molecule has 0 amide bonds. The molecule has 2 aromatic heterocycles. The van der Waals surface area contributed by atoms with Crippen LogP contribution in [0.15, 0.2) is 247 Å². The van der Waals surface area contributed by atoms with Crippen LogP contribution < -0.4 is 0 Å². The Balaban J connectivity index is 0.888. The van der Waals surface area contributed by atoms with E-state index in [9.17, 15) is 0 Å². The lowest BCUT2D eigenvalue weighted by molar-refractivity contribution is 0.632. The fraction of sp³-hybridized carbons (Fsp3) is 0. The second kappa shape index (κ2) is 16.0. The lowest BCUT2D eigenvalue weighted by Crippen LogP contribution is -1.97. The van der Waals surface area contributed by atoms with Gasteiger partial charge in [0.15, 0.2) is 5.82 Å². The Morgan fingerprint density at radius 3 is 1.58 bits per heavy atom. The van der Waals surface area contributed by atoms with Crippen molar-refractivity contribution in [2.75, 3.05) is 0 Å². The summed E-state index contributed by atoms with van der Waals surface area (Å²) in [6, 6.07) is 86.5. The largest absolute Gasteiger partial charge is 0.456 e. The molecule has 0 N–H and O–H groups in total. The van der Waals surface area contributed by atoms with Crippen LogP contribution in [0, 0.1) is 0 Å². The quantitative estimate of drug-likeness (QED) is 0.118. The van der Waals surface area contributed by atoms with Crippen LogP contribution in [0.1, 0.15) is 0 Å². The van der Waals surface area contributed by atoms with Crippen LogP contribution in [0.4, 0.5) is 0 Å². The van der Waals surface area contributed by atoms with E-state index >= 15 is 0 Å². The average Bonchev–Trinajstić information content (AvgIpc) is 3.85. The molecule has 0 aliphatic heterocycles. The Morgan fingerprint density at radius 1 is 0.284 bits per heavy atom. The van der Waals surface area contributed by atoms with Crippen molar-refractivity contribution in [3.63, 3.8) is 0 Å². The molecule has 0 fully saturated rings. The maximum absolute atomic E-state index is 6.38. The summed E-state index contributed by atoms with van der Waals surface area (Å²) in [4.78, 5) is 10.4. The number of furan rings is 1. The zero-order chi connectivity index (χ0) is 44.3. The molecule has 0 radical (unpaired) electrons. The molecule has 0 unspecified atom stereocenters. The predicted octanol–water partition coefficient (Wildman–Crippen LogP) is 17.5. The maximum Gasteiger partial charge on any atom is 0.160 e. The molecule has 2 heterocycles. The zero-order valence-electron chi connectivity index (χ0n) is 36.4. The van der Waals surface area contributed by atoms with Crippen molar-refractivity contribution >= 4 is 54.1 Å². The second-order valence-electron chi connectivity index (χ2n) is 17.2. The van der Waals surface area contributed by atoms with E-state index in [0.717, 1.165) is 61.1 Å². The van der Waals surface area contributed by atoms with E-state index in [1.807, 2.05) is 42.5 Å². The van der Waals surface area contributed by atoms with Gasteiger partial charge < -0.3 is 4.42 Å². The van der Waals surface area contributed by atoms with Crippen molar-refractivity contribution in [2.24, 2.45) is 0 Å². The smallest absolute Gasteiger partial charge is 0.160 e. The number of fused-ring (bicyclic) bond motifs is 6. The summed E-state index contributed by atoms with van der Waals surface area (Å²) >= 11 is 0. The highest BCUT2D eigenvalue weighted by Gasteiger charge is 2.20. The van der Waals surface area contributed by atoms with Gasteiger partial charge >= 0.3 is 0 Å². The average molecular weight is 853 g/mol. The van der Waals surface area contributed by atoms with Crippen LogP contribution in [0.5, 0.6) is 0 Å². The van der Waals surface area contributed by atoms with Gasteiger partial charge in [-0.1, -0.05) is 212 Å². The molecule has 0 saturated carbocycles. The Hall–Kier alpha value is -8.92. The minimum Gasteiger partial charge on any atom is -0.456 e. The Bertz CT molecular complexity index is 3990. The minimum atomic E-state index is 0.674. The number of aromatic nitrogens is 2. The van der Waals surface area contributed by atoms with E-state index in [1.165, 1.54) is 65.7 Å². The summed E-state index contributed by atoms with van der Waals surface area (Å²) < 4.78 is 6.38. The van der Waals surface area contributed by atoms with E-state index in [0.29, 0.717) is 5.82 Å². The molecule has 0 aliphatic rings. The monoisotopic (exact) mass is 852 g/mol. The Labute approximate surface area is 387 Å². The predicted molar refractivity (Wildman–Crippen MR) is 280 cm³/mol. The first-order chi connectivity index (χ1) is 33.2. The van der Waals surface area contributed by atoms with Gasteiger partial charge in [0.1, 0.15) is 11.3 Å². The van der Waals surface area contributed by atoms with E-state index in [-0.39, 0.29) is 0 Å². The highest BCUT2D eigenvalue weighted by molar-refractivity contribution is 6.28. The van der Waals surface area contributed by atoms with Crippen LogP contribution in [0.3, 0.4) is 0 Å². The summed E-state index contributed by atoms with van der Waals surface area (Å²) in [6.45, 7) is 0. The Kier molecular flexibility index (Phi) is 9.17. The van der Waals surface area contributed by atoms with Crippen molar-refractivity contribution in [1.82, 2.24) is 9.97 Å². The van der Waals surface area contributed by atoms with Crippen LogP contribution >= 0.6 is 0 Å². The summed E-state index contributed by atoms with van der Waals surface area (Å²) in [5.74, 6) is 1.48. The molecule has 3 nitrogen and oxygen atoms in total. The van der Waals surface area contributed by atoms with Gasteiger partial charge in [-0.3, -0.25) is 0 Å². The molecule has 13 rings (SSSR count). The van der Waals surface area contributed by atoms with Gasteiger partial charge in [0.2, 0.25) is 0 Å². The summed E-state index contributed by atoms with van der Waals surface area (Å²) in [6.07, 6.45) is 0. The third-order valence-electron chi connectivity index (χ3n) is 13.3. The number of hydrogen-bond donors (Lipinski definition) is 0. The molecule has 312 valence electrons. The fourth-order valence-electron chi connectivity index (χ4n) is 10.1. The van der Waals surface area contributed by atoms with Crippen LogP contribution in [0.2, 0.25) is 0 Å². The zero-order valence-corrected chi connectivity index (χ0v) is 36.4. The number of nitrogens with zero attached hydrogens (tertiary/aromatic N) is 2. The van der Waals surface area contributed by atoms with Gasteiger partial charge in [0, 0.05) is 27.6 Å². The van der Waals surface area contributed by atoms with Gasteiger partial charge in [-0.25, -0.2) is 9.97 Å². The molecule has 13 aromatic rings. The molecule has 11 aromatic carbocycles. The van der Waals surface area contributed by atoms with E-state index < -0.39 is 0 Å². The fourth-order valence-corrected chi connectivity index (χ4v) is 10.1. The van der Waals surface area contributed by atoms with Gasteiger partial charge in [-0.15, -0.1) is 0 Å². The first-order valence-electron chi connectivity index (χ1n) is 22.8. The molecule has 0 saturated heterocycles. The molecule has 0 atom stereocenters. The van der Waals surface area contributed by atoms with Crippen LogP contribution in [-0.4, -0.2) is 9.97 Å². The lowest BCUT2D eigenvalue weighted by Gasteiger charge is -2.19. The summed E-state index contributed by atoms with van der Waals surface area (Å²) in [5, 5.41) is 10.9. The van der Waals surface area contributed by atoms with Crippen LogP contribution in [0.25, 0.3) is 133 Å². The first-order valence-corrected chi connectivity index (χ1v) is 22.8. The lowest BCUT2D eigenvalue weighted by atomic mass is 9.84. The molecule has 0 bridgehead atoms. The van der Waals surface area contributed by atoms with Gasteiger partial charge in [0.25, 0.3) is 0 Å². The SMILES string of the molecule is c1ccc(-c2nc(-c3ccc4cc(-c5ccc(-c6c7ccccc7c(-c7ccccc7)c7ccc8ccccc8c67)cc5)ccc4c3)cc(-c3ccccc3-c3cc4ccccc4o3)n2)cc1. The maximum atomic E-state index is 6.38. The standard InChI is InChI=1S/C64H40N2O/c1-3-16-43(17-4-1)61-54-24-12-13-25-55(54)62(63-51-21-9-7-15-42(51)35-36-56(61)63)44-29-27-41(28-30-44)46-31-32-48-38-49(34-33-47(48)37-46)57-40-58(66-64(65-57)45-18-5-2-6-19-45)52-22-10-11-23-53(52)60-39-50-20-8-14-26-59(50)67-60/h1-40H. The van der Waals surface area contributed by atoms with Crippen molar-refractivity contribution < 1.29 is 4.42 Å². The summed E-state index contributed by atoms with van der Waals surface area (Å²) in [7, 11) is 0. The number of benzene rings is 11. The third kappa shape index (κ3) is 6.76. The van der Waals surface area contributed by atoms with E-state index in [2.05, 4.69) is 200 Å². The van der Waals surface area contributed by atoms with E-state index in [1.54, 1.807) is 0 Å². The van der Waals surface area contributed by atoms with Gasteiger partial charge in [0.05, 0.1) is 11.4 Å². The normalized spacial score (nSPS) is 11.6. The first kappa shape index (κ1) is 38.5. The van der Waals surface area contributed by atoms with E-state index in [4.69, 9.17) is 14.4 Å². The number of hydrogen-bond acceptors (Lipinski definition) is 3. The second-order valence-corrected chi connectivity index (χ2v) is 17.2. The van der Waals surface area contributed by atoms with Gasteiger partial charge in [-0.2, -0.15) is 0 Å². The highest BCUT2D eigenvalue weighted by Crippen LogP contribution is 2.46. The topological polar surface area (TPSA) is 38.9 Å². The van der Waals surface area contributed by atoms with Gasteiger partial charge in [-0.05, 0) is 107 Å². The molecule has 3 heteroatoms. The van der Waals surface area contributed by atoms with Crippen molar-refractivity contribution in [1.29, 1.82) is 0 Å². The minimum absolute atomic E-state index is 0.674. The number of rotatable bonds is 7. The molecular formula is C64H40N2O. The third-order valence-corrected chi connectivity index (χ3v) is 13.3. The van der Waals surface area contributed by atoms with Crippen molar-refractivity contribution in [2.45, 2.75) is 0 Å². The molecule has 0 aliphatic carbocycles. The summed E-state index contributed by atoms with van der Waals surface area (Å²) in [5.41, 5.74) is 13.8. The van der Waals surface area contributed by atoms with Crippen LogP contribution in [-0.2, 0) is 0 Å². The van der Waals surface area contributed by atoms with Crippen molar-refractivity contribution in [3.8, 4) is 78.6 Å². The van der Waals surface area contributed by atoms with Crippen molar-refractivity contribution in [3.05, 3.63) is 243 Å². The molecule has 67 heavy (non-hydrogen) atoms.